The normalized spacial score (nSPS) is 24.9. The molecule has 1 spiro atoms. The van der Waals surface area contributed by atoms with E-state index in [2.05, 4.69) is 5.32 Å². The second kappa shape index (κ2) is 7.35. The Bertz CT molecular complexity index is 789. The van der Waals surface area contributed by atoms with E-state index in [9.17, 15) is 9.59 Å². The number of carbonyl (C=O) groups excluding carboxylic acids is 2. The number of hydrogen-bond acceptors (Lipinski definition) is 4. The largest absolute Gasteiger partial charge is 0.414 e. The Balaban J connectivity index is 2.11. The number of ether oxygens (including phenoxy) is 2. The number of rotatable bonds is 3. The van der Waals surface area contributed by atoms with Crippen molar-refractivity contribution >= 4 is 17.6 Å². The molecule has 1 saturated carbocycles. The second-order valence-electron chi connectivity index (χ2n) is 7.76. The first-order valence-corrected chi connectivity index (χ1v) is 9.34. The van der Waals surface area contributed by atoms with Gasteiger partial charge in [-0.2, -0.15) is 0 Å². The standard InChI is InChI=1S/C21H28N2O4/c1-13-6-7-14(2)16(12-13)17-18(27-20(25)23(3)4)21(22-19(17)24)10-8-15(26-5)9-11-21/h6-7,12,15H,8-11H2,1-5H3,(H,22,24). The van der Waals surface area contributed by atoms with Crippen molar-refractivity contribution in [3.63, 3.8) is 0 Å². The summed E-state index contributed by atoms with van der Waals surface area (Å²) in [5.41, 5.74) is 2.68. The highest BCUT2D eigenvalue weighted by atomic mass is 16.6. The van der Waals surface area contributed by atoms with Crippen molar-refractivity contribution in [2.45, 2.75) is 51.2 Å². The minimum atomic E-state index is -0.650. The molecule has 0 saturated heterocycles. The van der Waals surface area contributed by atoms with E-state index in [1.807, 2.05) is 32.0 Å². The molecule has 1 N–H and O–H groups in total. The molecule has 1 heterocycles. The third kappa shape index (κ3) is 3.58. The van der Waals surface area contributed by atoms with Gasteiger partial charge in [-0.1, -0.05) is 23.8 Å². The lowest BCUT2D eigenvalue weighted by Gasteiger charge is -2.38. The van der Waals surface area contributed by atoms with Crippen LogP contribution in [-0.2, 0) is 14.3 Å². The predicted molar refractivity (Wildman–Crippen MR) is 103 cm³/mol. The number of amides is 2. The lowest BCUT2D eigenvalue weighted by Crippen LogP contribution is -2.49. The van der Waals surface area contributed by atoms with Gasteiger partial charge in [0.1, 0.15) is 5.76 Å². The fourth-order valence-corrected chi connectivity index (χ4v) is 3.93. The zero-order valence-corrected chi connectivity index (χ0v) is 16.7. The number of carbonyl (C=O) groups is 2. The quantitative estimate of drug-likeness (QED) is 0.885. The number of nitrogens with one attached hydrogen (secondary N) is 1. The van der Waals surface area contributed by atoms with Gasteiger partial charge in [-0.05, 0) is 50.7 Å². The van der Waals surface area contributed by atoms with Crippen LogP contribution in [0.4, 0.5) is 4.79 Å². The van der Waals surface area contributed by atoms with Crippen molar-refractivity contribution < 1.29 is 19.1 Å². The molecule has 2 aliphatic rings. The van der Waals surface area contributed by atoms with Crippen LogP contribution in [0.5, 0.6) is 0 Å². The fourth-order valence-electron chi connectivity index (χ4n) is 3.93. The Morgan fingerprint density at radius 2 is 1.89 bits per heavy atom. The van der Waals surface area contributed by atoms with Gasteiger partial charge in [0, 0.05) is 21.2 Å². The van der Waals surface area contributed by atoms with Gasteiger partial charge in [-0.25, -0.2) is 4.79 Å². The maximum Gasteiger partial charge on any atom is 0.414 e. The van der Waals surface area contributed by atoms with Crippen molar-refractivity contribution in [3.8, 4) is 0 Å². The van der Waals surface area contributed by atoms with Crippen molar-refractivity contribution in [1.29, 1.82) is 0 Å². The molecule has 0 unspecified atom stereocenters. The highest BCUT2D eigenvalue weighted by molar-refractivity contribution is 6.24. The lowest BCUT2D eigenvalue weighted by molar-refractivity contribution is -0.116. The summed E-state index contributed by atoms with van der Waals surface area (Å²) in [6.07, 6.45) is 2.67. The molecular formula is C21H28N2O4. The first-order valence-electron chi connectivity index (χ1n) is 9.34. The molecule has 1 aromatic rings. The van der Waals surface area contributed by atoms with E-state index >= 15 is 0 Å². The maximum absolute atomic E-state index is 13.0. The molecule has 2 amide bonds. The molecule has 0 atom stereocenters. The van der Waals surface area contributed by atoms with E-state index in [1.54, 1.807) is 21.2 Å². The van der Waals surface area contributed by atoms with Gasteiger partial charge < -0.3 is 19.7 Å². The molecule has 0 aromatic heterocycles. The Morgan fingerprint density at radius 3 is 2.48 bits per heavy atom. The number of hydrogen-bond donors (Lipinski definition) is 1. The van der Waals surface area contributed by atoms with Gasteiger partial charge in [0.2, 0.25) is 0 Å². The summed E-state index contributed by atoms with van der Waals surface area (Å²) < 4.78 is 11.3. The summed E-state index contributed by atoms with van der Waals surface area (Å²) in [5.74, 6) is 0.274. The van der Waals surface area contributed by atoms with Gasteiger partial charge in [0.25, 0.3) is 5.91 Å². The van der Waals surface area contributed by atoms with Crippen molar-refractivity contribution in [2.24, 2.45) is 0 Å². The third-order valence-corrected chi connectivity index (χ3v) is 5.58. The molecule has 3 rings (SSSR count). The SMILES string of the molecule is COC1CCC2(CC1)NC(=O)C(c1cc(C)ccc1C)=C2OC(=O)N(C)C. The van der Waals surface area contributed by atoms with Crippen LogP contribution in [0.2, 0.25) is 0 Å². The smallest absolute Gasteiger partial charge is 0.411 e. The van der Waals surface area contributed by atoms with Crippen molar-refractivity contribution in [3.05, 3.63) is 40.6 Å². The molecule has 6 nitrogen and oxygen atoms in total. The van der Waals surface area contributed by atoms with Gasteiger partial charge in [0.15, 0.2) is 0 Å². The van der Waals surface area contributed by atoms with Crippen LogP contribution in [0.1, 0.15) is 42.4 Å². The van der Waals surface area contributed by atoms with E-state index in [-0.39, 0.29) is 12.0 Å². The molecule has 0 bridgehead atoms. The average molecular weight is 372 g/mol. The van der Waals surface area contributed by atoms with Crippen LogP contribution >= 0.6 is 0 Å². The highest BCUT2D eigenvalue weighted by Gasteiger charge is 2.50. The third-order valence-electron chi connectivity index (χ3n) is 5.58. The molecule has 1 aliphatic carbocycles. The molecule has 146 valence electrons. The highest BCUT2D eigenvalue weighted by Crippen LogP contribution is 2.44. The van der Waals surface area contributed by atoms with Crippen LogP contribution in [-0.4, -0.2) is 49.7 Å². The number of nitrogens with zero attached hydrogens (tertiary/aromatic N) is 1. The van der Waals surface area contributed by atoms with Gasteiger partial charge in [0.05, 0.1) is 17.2 Å². The Hall–Kier alpha value is -2.34. The molecular weight excluding hydrogens is 344 g/mol. The van der Waals surface area contributed by atoms with E-state index in [0.29, 0.717) is 24.2 Å². The Kier molecular flexibility index (Phi) is 5.29. The Morgan fingerprint density at radius 1 is 1.22 bits per heavy atom. The zero-order valence-electron chi connectivity index (χ0n) is 16.7. The number of aryl methyl sites for hydroxylation is 2. The van der Waals surface area contributed by atoms with Crippen molar-refractivity contribution in [2.75, 3.05) is 21.2 Å². The van der Waals surface area contributed by atoms with E-state index < -0.39 is 11.6 Å². The molecule has 0 radical (unpaired) electrons. The summed E-state index contributed by atoms with van der Waals surface area (Å²) >= 11 is 0. The summed E-state index contributed by atoms with van der Waals surface area (Å²) in [4.78, 5) is 26.8. The zero-order chi connectivity index (χ0) is 19.8. The van der Waals surface area contributed by atoms with Crippen LogP contribution < -0.4 is 5.32 Å². The molecule has 1 fully saturated rings. The van der Waals surface area contributed by atoms with Crippen LogP contribution in [0.25, 0.3) is 5.57 Å². The summed E-state index contributed by atoms with van der Waals surface area (Å²) in [6.45, 7) is 3.95. The van der Waals surface area contributed by atoms with Gasteiger partial charge in [-0.3, -0.25) is 4.79 Å². The Labute approximate surface area is 160 Å². The van der Waals surface area contributed by atoms with Gasteiger partial charge in [-0.15, -0.1) is 0 Å². The molecule has 1 aromatic carbocycles. The number of methoxy groups -OCH3 is 1. The van der Waals surface area contributed by atoms with Crippen molar-refractivity contribution in [1.82, 2.24) is 10.2 Å². The number of benzene rings is 1. The first-order chi connectivity index (χ1) is 12.8. The lowest BCUT2D eigenvalue weighted by atomic mass is 9.79. The second-order valence-corrected chi connectivity index (χ2v) is 7.76. The summed E-state index contributed by atoms with van der Waals surface area (Å²) in [6, 6.07) is 5.98. The average Bonchev–Trinajstić information content (AvgIpc) is 2.89. The first kappa shape index (κ1) is 19.4. The molecule has 27 heavy (non-hydrogen) atoms. The topological polar surface area (TPSA) is 67.9 Å². The molecule has 1 aliphatic heterocycles. The summed E-state index contributed by atoms with van der Waals surface area (Å²) in [5, 5.41) is 3.14. The van der Waals surface area contributed by atoms with Crippen LogP contribution in [0, 0.1) is 13.8 Å². The van der Waals surface area contributed by atoms with E-state index in [4.69, 9.17) is 9.47 Å². The minimum absolute atomic E-state index is 0.170. The fraction of sp³-hybridized carbons (Fsp3) is 0.524. The molecule has 6 heteroatoms. The maximum atomic E-state index is 13.0. The van der Waals surface area contributed by atoms with Crippen LogP contribution in [0.15, 0.2) is 24.0 Å². The minimum Gasteiger partial charge on any atom is -0.411 e. The van der Waals surface area contributed by atoms with E-state index in [0.717, 1.165) is 29.5 Å². The van der Waals surface area contributed by atoms with E-state index in [1.165, 1.54) is 4.90 Å². The predicted octanol–water partition coefficient (Wildman–Crippen LogP) is 3.17. The monoisotopic (exact) mass is 372 g/mol. The summed E-state index contributed by atoms with van der Waals surface area (Å²) in [7, 11) is 4.98. The van der Waals surface area contributed by atoms with Gasteiger partial charge >= 0.3 is 6.09 Å². The van der Waals surface area contributed by atoms with Crippen LogP contribution in [0.3, 0.4) is 0 Å².